The van der Waals surface area contributed by atoms with Crippen LogP contribution in [0.1, 0.15) is 34.1 Å². The Balaban J connectivity index is 1.71. The number of pyridine rings is 1. The fourth-order valence-corrected chi connectivity index (χ4v) is 2.50. The van der Waals surface area contributed by atoms with Crippen LogP contribution in [0.2, 0.25) is 0 Å². The molecule has 0 fully saturated rings. The highest BCUT2D eigenvalue weighted by molar-refractivity contribution is 5.90. The number of rotatable bonds is 4. The van der Waals surface area contributed by atoms with Gasteiger partial charge in [0.05, 0.1) is 24.9 Å². The van der Waals surface area contributed by atoms with Gasteiger partial charge in [0.15, 0.2) is 5.82 Å². The van der Waals surface area contributed by atoms with Crippen LogP contribution in [0.5, 0.6) is 0 Å². The minimum Gasteiger partial charge on any atom is -0.465 e. The van der Waals surface area contributed by atoms with Crippen molar-refractivity contribution in [3.63, 3.8) is 0 Å². The molecule has 0 spiro atoms. The Hall–Kier alpha value is -2.44. The number of nitrogens with one attached hydrogen (secondary N) is 1. The third kappa shape index (κ3) is 2.58. The summed E-state index contributed by atoms with van der Waals surface area (Å²) < 4.78 is 6.85. The molecule has 0 unspecified atom stereocenters. The Kier molecular flexibility index (Phi) is 3.55. The van der Waals surface area contributed by atoms with Crippen LogP contribution >= 0.6 is 0 Å². The Labute approximate surface area is 122 Å². The molecule has 0 amide bonds. The number of fused-ring (bicyclic) bond motifs is 1. The van der Waals surface area contributed by atoms with E-state index in [1.807, 2.05) is 0 Å². The normalized spacial score (nSPS) is 13.0. The summed E-state index contributed by atoms with van der Waals surface area (Å²) in [5.74, 6) is 2.30. The van der Waals surface area contributed by atoms with Gasteiger partial charge in [-0.2, -0.15) is 0 Å². The smallest absolute Gasteiger partial charge is 0.339 e. The van der Waals surface area contributed by atoms with Gasteiger partial charge in [-0.3, -0.25) is 0 Å². The maximum Gasteiger partial charge on any atom is 0.339 e. The van der Waals surface area contributed by atoms with E-state index in [1.165, 1.54) is 7.11 Å². The first-order valence-electron chi connectivity index (χ1n) is 6.90. The third-order valence-electron chi connectivity index (χ3n) is 3.60. The van der Waals surface area contributed by atoms with E-state index < -0.39 is 0 Å². The quantitative estimate of drug-likeness (QED) is 0.854. The number of aryl methyl sites for hydroxylation is 2. The predicted molar refractivity (Wildman–Crippen MR) is 76.0 cm³/mol. The molecule has 2 aromatic rings. The molecule has 1 aliphatic rings. The van der Waals surface area contributed by atoms with Crippen molar-refractivity contribution < 1.29 is 9.53 Å². The number of nitrogens with zero attached hydrogens (tertiary/aromatic N) is 4. The second kappa shape index (κ2) is 5.51. The van der Waals surface area contributed by atoms with Crippen LogP contribution < -0.4 is 5.32 Å². The zero-order chi connectivity index (χ0) is 14.8. The molecule has 0 radical (unpaired) electrons. The Morgan fingerprint density at radius 1 is 1.43 bits per heavy atom. The van der Waals surface area contributed by atoms with Gasteiger partial charge < -0.3 is 14.6 Å². The number of anilines is 1. The van der Waals surface area contributed by atoms with E-state index in [0.717, 1.165) is 31.0 Å². The van der Waals surface area contributed by atoms with Gasteiger partial charge in [0.2, 0.25) is 0 Å². The number of methoxy groups -OCH3 is 1. The molecule has 7 heteroatoms. The van der Waals surface area contributed by atoms with Crippen molar-refractivity contribution in [1.82, 2.24) is 19.7 Å². The van der Waals surface area contributed by atoms with Crippen LogP contribution in [0.25, 0.3) is 0 Å². The van der Waals surface area contributed by atoms with Gasteiger partial charge >= 0.3 is 5.97 Å². The molecule has 0 saturated carbocycles. The molecule has 0 bridgehead atoms. The minimum atomic E-state index is -0.373. The van der Waals surface area contributed by atoms with Crippen molar-refractivity contribution in [1.29, 1.82) is 0 Å². The highest BCUT2D eigenvalue weighted by atomic mass is 16.5. The molecule has 7 nitrogen and oxygen atoms in total. The standard InChI is InChI=1S/C14H17N5O2/c1-9-10(14(20)21-2)5-6-11(16-9)15-8-13-18-17-12-4-3-7-19(12)13/h5-6H,3-4,7-8H2,1-2H3,(H,15,16). The average molecular weight is 287 g/mol. The molecule has 1 aliphatic heterocycles. The molecular formula is C14H17N5O2. The van der Waals surface area contributed by atoms with Crippen LogP contribution in [0, 0.1) is 6.92 Å². The first-order valence-corrected chi connectivity index (χ1v) is 6.90. The summed E-state index contributed by atoms with van der Waals surface area (Å²) in [5.41, 5.74) is 1.12. The van der Waals surface area contributed by atoms with Crippen molar-refractivity contribution in [3.05, 3.63) is 35.0 Å². The van der Waals surface area contributed by atoms with Gasteiger partial charge in [-0.1, -0.05) is 0 Å². The van der Waals surface area contributed by atoms with Crippen LogP contribution in [-0.4, -0.2) is 32.8 Å². The van der Waals surface area contributed by atoms with E-state index in [4.69, 9.17) is 4.74 Å². The van der Waals surface area contributed by atoms with Crippen molar-refractivity contribution >= 4 is 11.8 Å². The van der Waals surface area contributed by atoms with Crippen LogP contribution in [-0.2, 0) is 24.2 Å². The molecule has 0 aliphatic carbocycles. The third-order valence-corrected chi connectivity index (χ3v) is 3.60. The van der Waals surface area contributed by atoms with E-state index in [0.29, 0.717) is 23.6 Å². The Morgan fingerprint density at radius 2 is 2.29 bits per heavy atom. The number of carbonyl (C=O) groups is 1. The van der Waals surface area contributed by atoms with Crippen molar-refractivity contribution in [2.45, 2.75) is 32.9 Å². The lowest BCUT2D eigenvalue weighted by molar-refractivity contribution is 0.0599. The molecule has 21 heavy (non-hydrogen) atoms. The number of aromatic nitrogens is 4. The van der Waals surface area contributed by atoms with Gasteiger partial charge in [0, 0.05) is 13.0 Å². The van der Waals surface area contributed by atoms with Crippen LogP contribution in [0.3, 0.4) is 0 Å². The van der Waals surface area contributed by atoms with Crippen molar-refractivity contribution in [2.75, 3.05) is 12.4 Å². The summed E-state index contributed by atoms with van der Waals surface area (Å²) in [5, 5.41) is 11.6. The Bertz CT molecular complexity index is 680. The maximum atomic E-state index is 11.5. The predicted octanol–water partition coefficient (Wildman–Crippen LogP) is 1.33. The van der Waals surface area contributed by atoms with E-state index in [2.05, 4.69) is 25.1 Å². The minimum absolute atomic E-state index is 0.373. The number of hydrogen-bond donors (Lipinski definition) is 1. The highest BCUT2D eigenvalue weighted by Gasteiger charge is 2.17. The fourth-order valence-electron chi connectivity index (χ4n) is 2.50. The topological polar surface area (TPSA) is 81.9 Å². The summed E-state index contributed by atoms with van der Waals surface area (Å²) in [6, 6.07) is 3.48. The zero-order valence-electron chi connectivity index (χ0n) is 12.1. The molecule has 3 heterocycles. The summed E-state index contributed by atoms with van der Waals surface area (Å²) in [6.07, 6.45) is 2.13. The van der Waals surface area contributed by atoms with Gasteiger partial charge in [-0.15, -0.1) is 10.2 Å². The lowest BCUT2D eigenvalue weighted by atomic mass is 10.2. The van der Waals surface area contributed by atoms with E-state index in [1.54, 1.807) is 19.1 Å². The molecule has 1 N–H and O–H groups in total. The SMILES string of the molecule is COC(=O)c1ccc(NCc2nnc3n2CCC3)nc1C. The lowest BCUT2D eigenvalue weighted by Gasteiger charge is -2.08. The van der Waals surface area contributed by atoms with Gasteiger partial charge in [0.25, 0.3) is 0 Å². The highest BCUT2D eigenvalue weighted by Crippen LogP contribution is 2.16. The van der Waals surface area contributed by atoms with Crippen molar-refractivity contribution in [3.8, 4) is 0 Å². The molecular weight excluding hydrogens is 270 g/mol. The number of carbonyl (C=O) groups excluding carboxylic acids is 1. The molecule has 2 aromatic heterocycles. The summed E-state index contributed by atoms with van der Waals surface area (Å²) in [7, 11) is 1.36. The lowest BCUT2D eigenvalue weighted by Crippen LogP contribution is -2.10. The maximum absolute atomic E-state index is 11.5. The summed E-state index contributed by atoms with van der Waals surface area (Å²) in [6.45, 7) is 3.33. The van der Waals surface area contributed by atoms with E-state index >= 15 is 0 Å². The second-order valence-electron chi connectivity index (χ2n) is 4.96. The molecule has 0 saturated heterocycles. The van der Waals surface area contributed by atoms with Gasteiger partial charge in [-0.05, 0) is 25.5 Å². The molecule has 3 rings (SSSR count). The van der Waals surface area contributed by atoms with Crippen LogP contribution in [0.15, 0.2) is 12.1 Å². The van der Waals surface area contributed by atoms with Crippen LogP contribution in [0.4, 0.5) is 5.82 Å². The molecule has 0 atom stereocenters. The molecule has 110 valence electrons. The Morgan fingerprint density at radius 3 is 3.05 bits per heavy atom. The van der Waals surface area contributed by atoms with Gasteiger partial charge in [0.1, 0.15) is 11.6 Å². The fraction of sp³-hybridized carbons (Fsp3) is 0.429. The van der Waals surface area contributed by atoms with Crippen molar-refractivity contribution in [2.24, 2.45) is 0 Å². The van der Waals surface area contributed by atoms with Gasteiger partial charge in [-0.25, -0.2) is 9.78 Å². The number of ether oxygens (including phenoxy) is 1. The van der Waals surface area contributed by atoms with E-state index in [9.17, 15) is 4.79 Å². The first-order chi connectivity index (χ1) is 10.2. The monoisotopic (exact) mass is 287 g/mol. The zero-order valence-corrected chi connectivity index (χ0v) is 12.1. The second-order valence-corrected chi connectivity index (χ2v) is 4.96. The largest absolute Gasteiger partial charge is 0.465 e. The van der Waals surface area contributed by atoms with E-state index in [-0.39, 0.29) is 5.97 Å². The molecule has 0 aromatic carbocycles. The average Bonchev–Trinajstić information content (AvgIpc) is 3.08. The summed E-state index contributed by atoms with van der Waals surface area (Å²) in [4.78, 5) is 15.9. The number of esters is 1. The number of hydrogen-bond acceptors (Lipinski definition) is 6. The first kappa shape index (κ1) is 13.5. The summed E-state index contributed by atoms with van der Waals surface area (Å²) >= 11 is 0.